The summed E-state index contributed by atoms with van der Waals surface area (Å²) in [5.74, 6) is 1.38. The SMILES string of the molecule is CCCc1nc2c(C)cc(C)nc2n1Cc1ccc(-c2c(-c3nnn(C(c4ccccc4)(c4ccccc4)c4ccccc4)n3)n(C)c(=O)c3ccccc23)cc1. The number of tetrazole rings is 1. The highest BCUT2D eigenvalue weighted by Gasteiger charge is 2.41. The van der Waals surface area contributed by atoms with Gasteiger partial charge in [0.1, 0.15) is 17.0 Å². The predicted octanol–water partition coefficient (Wildman–Crippen LogP) is 9.06. The van der Waals surface area contributed by atoms with Crippen LogP contribution in [0.2, 0.25) is 0 Å². The van der Waals surface area contributed by atoms with Gasteiger partial charge in [-0.1, -0.05) is 140 Å². The number of benzene rings is 5. The third kappa shape index (κ3) is 6.03. The number of aromatic nitrogens is 8. The maximum Gasteiger partial charge on any atom is 0.258 e. The topological polar surface area (TPSA) is 96.3 Å². The Labute approximate surface area is 330 Å². The van der Waals surface area contributed by atoms with Crippen LogP contribution in [0.5, 0.6) is 0 Å². The van der Waals surface area contributed by atoms with Gasteiger partial charge in [0.15, 0.2) is 11.2 Å². The Bertz CT molecular complexity index is 2830. The van der Waals surface area contributed by atoms with Crippen molar-refractivity contribution < 1.29 is 0 Å². The summed E-state index contributed by atoms with van der Waals surface area (Å²) in [5, 5.41) is 16.3. The minimum atomic E-state index is -0.966. The summed E-state index contributed by atoms with van der Waals surface area (Å²) >= 11 is 0. The van der Waals surface area contributed by atoms with Crippen LogP contribution in [0.1, 0.15) is 52.7 Å². The van der Waals surface area contributed by atoms with Gasteiger partial charge in [-0.05, 0) is 76.4 Å². The van der Waals surface area contributed by atoms with E-state index in [4.69, 9.17) is 25.4 Å². The zero-order valence-corrected chi connectivity index (χ0v) is 32.5. The van der Waals surface area contributed by atoms with Gasteiger partial charge >= 0.3 is 0 Å². The molecule has 0 fully saturated rings. The molecule has 4 heterocycles. The number of fused-ring (bicyclic) bond motifs is 2. The smallest absolute Gasteiger partial charge is 0.258 e. The standard InChI is InChI=1S/C48H42N8O/c1-5-17-41-50-43-32(2)30-33(3)49-46(43)55(41)31-34-26-28-35(29-27-34)42-39-24-15-16-25-40(39)47(57)54(4)44(42)45-51-53-56(52-45)48(36-18-9-6-10-19-36,37-20-11-7-12-21-37)38-22-13-8-14-23-38/h6-16,18-30H,5,17,31H2,1-4H3. The molecule has 0 bridgehead atoms. The maximum absolute atomic E-state index is 14.1. The lowest BCUT2D eigenvalue weighted by molar-refractivity contribution is 0.395. The van der Waals surface area contributed by atoms with Crippen LogP contribution in [-0.4, -0.2) is 39.3 Å². The Morgan fingerprint density at radius 1 is 0.684 bits per heavy atom. The van der Waals surface area contributed by atoms with E-state index in [-0.39, 0.29) is 5.56 Å². The Kier molecular flexibility index (Phi) is 9.13. The first-order valence-electron chi connectivity index (χ1n) is 19.4. The lowest BCUT2D eigenvalue weighted by atomic mass is 9.77. The van der Waals surface area contributed by atoms with Crippen molar-refractivity contribution in [2.24, 2.45) is 7.05 Å². The molecule has 9 rings (SSSR count). The Balaban J connectivity index is 1.22. The van der Waals surface area contributed by atoms with Gasteiger partial charge in [0.25, 0.3) is 5.56 Å². The van der Waals surface area contributed by atoms with E-state index in [1.54, 1.807) is 16.4 Å². The highest BCUT2D eigenvalue weighted by atomic mass is 16.1. The van der Waals surface area contributed by atoms with Crippen molar-refractivity contribution in [3.63, 3.8) is 0 Å². The molecule has 280 valence electrons. The molecule has 9 nitrogen and oxygen atoms in total. The average molecular weight is 747 g/mol. The zero-order valence-electron chi connectivity index (χ0n) is 32.5. The first kappa shape index (κ1) is 35.7. The normalized spacial score (nSPS) is 11.8. The molecule has 9 heteroatoms. The van der Waals surface area contributed by atoms with E-state index in [0.717, 1.165) is 79.9 Å². The van der Waals surface area contributed by atoms with Gasteiger partial charge in [0, 0.05) is 30.1 Å². The molecular weight excluding hydrogens is 705 g/mol. The molecule has 0 aliphatic rings. The van der Waals surface area contributed by atoms with Crippen LogP contribution in [0.4, 0.5) is 0 Å². The Morgan fingerprint density at radius 3 is 1.86 bits per heavy atom. The summed E-state index contributed by atoms with van der Waals surface area (Å²) < 4.78 is 3.91. The fourth-order valence-electron chi connectivity index (χ4n) is 8.34. The van der Waals surface area contributed by atoms with E-state index in [9.17, 15) is 4.79 Å². The van der Waals surface area contributed by atoms with E-state index >= 15 is 0 Å². The molecule has 0 atom stereocenters. The number of hydrogen-bond acceptors (Lipinski definition) is 6. The average Bonchev–Trinajstić information content (AvgIpc) is 3.87. The number of imidazole rings is 1. The van der Waals surface area contributed by atoms with Crippen molar-refractivity contribution in [1.29, 1.82) is 0 Å². The first-order valence-corrected chi connectivity index (χ1v) is 19.4. The Morgan fingerprint density at radius 2 is 1.26 bits per heavy atom. The minimum absolute atomic E-state index is 0.133. The van der Waals surface area contributed by atoms with E-state index in [1.165, 1.54) is 0 Å². The lowest BCUT2D eigenvalue weighted by Crippen LogP contribution is -2.39. The molecule has 0 spiro atoms. The predicted molar refractivity (Wildman–Crippen MR) is 226 cm³/mol. The van der Waals surface area contributed by atoms with Crippen LogP contribution < -0.4 is 5.56 Å². The van der Waals surface area contributed by atoms with Gasteiger partial charge in [-0.3, -0.25) is 4.79 Å². The number of aryl methyl sites for hydroxylation is 3. The third-order valence-electron chi connectivity index (χ3n) is 11.0. The van der Waals surface area contributed by atoms with E-state index in [0.29, 0.717) is 23.4 Å². The molecule has 0 radical (unpaired) electrons. The molecular formula is C48H42N8O. The summed E-state index contributed by atoms with van der Waals surface area (Å²) in [5.41, 5.74) is 9.31. The Hall–Kier alpha value is -7.00. The molecule has 0 saturated carbocycles. The summed E-state index contributed by atoms with van der Waals surface area (Å²) in [6.45, 7) is 6.95. The quantitative estimate of drug-likeness (QED) is 0.130. The summed E-state index contributed by atoms with van der Waals surface area (Å²) in [7, 11) is 1.79. The van der Waals surface area contributed by atoms with Crippen LogP contribution in [0.15, 0.2) is 150 Å². The molecule has 0 N–H and O–H groups in total. The molecule has 0 unspecified atom stereocenters. The van der Waals surface area contributed by atoms with Crippen molar-refractivity contribution in [3.8, 4) is 22.6 Å². The highest BCUT2D eigenvalue weighted by molar-refractivity contribution is 6.01. The second-order valence-electron chi connectivity index (χ2n) is 14.7. The minimum Gasteiger partial charge on any atom is -0.308 e. The third-order valence-corrected chi connectivity index (χ3v) is 11.0. The second kappa shape index (κ2) is 14.6. The van der Waals surface area contributed by atoms with Crippen LogP contribution in [-0.2, 0) is 25.6 Å². The van der Waals surface area contributed by atoms with E-state index < -0.39 is 5.54 Å². The van der Waals surface area contributed by atoms with Crippen molar-refractivity contribution in [2.45, 2.75) is 45.7 Å². The van der Waals surface area contributed by atoms with Crippen LogP contribution in [0.25, 0.3) is 44.6 Å². The number of hydrogen-bond donors (Lipinski definition) is 0. The monoisotopic (exact) mass is 746 g/mol. The van der Waals surface area contributed by atoms with Crippen LogP contribution in [0, 0.1) is 13.8 Å². The highest BCUT2D eigenvalue weighted by Crippen LogP contribution is 2.41. The van der Waals surface area contributed by atoms with Crippen molar-refractivity contribution in [2.75, 3.05) is 0 Å². The maximum atomic E-state index is 14.1. The molecule has 5 aromatic carbocycles. The van der Waals surface area contributed by atoms with Crippen molar-refractivity contribution in [3.05, 3.63) is 195 Å². The number of nitrogens with zero attached hydrogens (tertiary/aromatic N) is 8. The summed E-state index contributed by atoms with van der Waals surface area (Å²) in [6.07, 6.45) is 1.86. The largest absolute Gasteiger partial charge is 0.308 e. The second-order valence-corrected chi connectivity index (χ2v) is 14.7. The summed E-state index contributed by atoms with van der Waals surface area (Å²) in [4.78, 5) is 25.8. The van der Waals surface area contributed by atoms with E-state index in [2.05, 4.69) is 85.1 Å². The fraction of sp³-hybridized carbons (Fsp3) is 0.167. The van der Waals surface area contributed by atoms with Gasteiger partial charge in [-0.15, -0.1) is 15.0 Å². The molecule has 9 aromatic rings. The van der Waals surface area contributed by atoms with E-state index in [1.807, 2.05) is 85.8 Å². The van der Waals surface area contributed by atoms with Crippen LogP contribution >= 0.6 is 0 Å². The lowest BCUT2D eigenvalue weighted by Gasteiger charge is -2.34. The van der Waals surface area contributed by atoms with Crippen LogP contribution in [0.3, 0.4) is 0 Å². The van der Waals surface area contributed by atoms with Gasteiger partial charge < -0.3 is 9.13 Å². The van der Waals surface area contributed by atoms with Gasteiger partial charge in [0.05, 0.1) is 6.54 Å². The molecule has 0 aliphatic carbocycles. The number of rotatable bonds is 10. The molecule has 0 saturated heterocycles. The van der Waals surface area contributed by atoms with Crippen molar-refractivity contribution >= 4 is 21.9 Å². The molecule has 0 amide bonds. The van der Waals surface area contributed by atoms with Crippen molar-refractivity contribution in [1.82, 2.24) is 39.3 Å². The van der Waals surface area contributed by atoms with Gasteiger partial charge in [-0.25, -0.2) is 9.97 Å². The first-order chi connectivity index (χ1) is 27.9. The molecule has 0 aliphatic heterocycles. The molecule has 57 heavy (non-hydrogen) atoms. The number of pyridine rings is 2. The van der Waals surface area contributed by atoms with Gasteiger partial charge in [-0.2, -0.15) is 0 Å². The zero-order chi connectivity index (χ0) is 39.1. The van der Waals surface area contributed by atoms with Gasteiger partial charge in [0.2, 0.25) is 5.82 Å². The molecule has 4 aromatic heterocycles. The summed E-state index contributed by atoms with van der Waals surface area (Å²) in [6, 6.07) is 49.2. The fourth-order valence-corrected chi connectivity index (χ4v) is 8.34.